The van der Waals surface area contributed by atoms with Crippen molar-refractivity contribution in [1.29, 1.82) is 0 Å². The molecule has 3 aromatic rings. The lowest BCUT2D eigenvalue weighted by molar-refractivity contribution is 0.1000. The lowest BCUT2D eigenvalue weighted by Gasteiger charge is -2.07. The minimum atomic E-state index is -0.530. The topological polar surface area (TPSA) is 78.1 Å². The Hall–Kier alpha value is -2.66. The Morgan fingerprint density at radius 1 is 1.12 bits per heavy atom. The van der Waals surface area contributed by atoms with Gasteiger partial charge in [0.25, 0.3) is 0 Å². The standard InChI is InChI=1S/C16H12ClN3O2.C2H6/c17-12-3-1-2-10(4-12)9-22-13-6-15-14(20-8-13)5-11(7-19-15)16(18)21;1-2/h1-8H,9H2,(H2,18,21);1-2H3. The maximum atomic E-state index is 11.1. The van der Waals surface area contributed by atoms with Crippen LogP contribution in [-0.2, 0) is 6.61 Å². The molecule has 124 valence electrons. The molecular formula is C18H18ClN3O2. The van der Waals surface area contributed by atoms with Gasteiger partial charge in [-0.2, -0.15) is 0 Å². The monoisotopic (exact) mass is 343 g/mol. The summed E-state index contributed by atoms with van der Waals surface area (Å²) in [5, 5.41) is 0.665. The van der Waals surface area contributed by atoms with Crippen molar-refractivity contribution >= 4 is 28.5 Å². The van der Waals surface area contributed by atoms with Gasteiger partial charge in [-0.15, -0.1) is 0 Å². The second-order valence-electron chi connectivity index (χ2n) is 4.72. The molecule has 3 rings (SSSR count). The minimum Gasteiger partial charge on any atom is -0.487 e. The molecular weight excluding hydrogens is 326 g/mol. The molecule has 6 heteroatoms. The number of nitrogens with two attached hydrogens (primary N) is 1. The van der Waals surface area contributed by atoms with Gasteiger partial charge in [-0.25, -0.2) is 0 Å². The molecule has 1 aromatic carbocycles. The molecule has 0 bridgehead atoms. The van der Waals surface area contributed by atoms with Crippen LogP contribution in [-0.4, -0.2) is 15.9 Å². The number of rotatable bonds is 4. The summed E-state index contributed by atoms with van der Waals surface area (Å²) < 4.78 is 5.68. The number of aromatic nitrogens is 2. The predicted molar refractivity (Wildman–Crippen MR) is 95.2 cm³/mol. The van der Waals surface area contributed by atoms with Gasteiger partial charge in [0, 0.05) is 17.3 Å². The summed E-state index contributed by atoms with van der Waals surface area (Å²) >= 11 is 5.93. The van der Waals surface area contributed by atoms with Crippen LogP contribution in [0.1, 0.15) is 29.8 Å². The predicted octanol–water partition coefficient (Wildman–Crippen LogP) is 3.99. The van der Waals surface area contributed by atoms with Gasteiger partial charge in [0.05, 0.1) is 22.8 Å². The SMILES string of the molecule is CC.NC(=O)c1cnc2cc(OCc3cccc(Cl)c3)cnc2c1. The van der Waals surface area contributed by atoms with E-state index in [1.165, 1.54) is 6.20 Å². The fourth-order valence-corrected chi connectivity index (χ4v) is 2.20. The van der Waals surface area contributed by atoms with Crippen molar-refractivity contribution in [1.82, 2.24) is 9.97 Å². The zero-order chi connectivity index (χ0) is 17.5. The van der Waals surface area contributed by atoms with Crippen molar-refractivity contribution < 1.29 is 9.53 Å². The van der Waals surface area contributed by atoms with E-state index >= 15 is 0 Å². The van der Waals surface area contributed by atoms with Crippen molar-refractivity contribution in [2.75, 3.05) is 0 Å². The Bertz CT molecular complexity index is 853. The third-order valence-corrected chi connectivity index (χ3v) is 3.32. The number of amides is 1. The van der Waals surface area contributed by atoms with Crippen LogP contribution >= 0.6 is 11.6 Å². The molecule has 0 saturated carbocycles. The molecule has 5 nitrogen and oxygen atoms in total. The molecule has 0 atom stereocenters. The first-order valence-electron chi connectivity index (χ1n) is 7.55. The van der Waals surface area contributed by atoms with Gasteiger partial charge >= 0.3 is 0 Å². The highest BCUT2D eigenvalue weighted by atomic mass is 35.5. The second-order valence-corrected chi connectivity index (χ2v) is 5.15. The number of primary amides is 1. The lowest BCUT2D eigenvalue weighted by Crippen LogP contribution is -2.11. The maximum Gasteiger partial charge on any atom is 0.250 e. The summed E-state index contributed by atoms with van der Waals surface area (Å²) in [7, 11) is 0. The van der Waals surface area contributed by atoms with E-state index in [2.05, 4.69) is 9.97 Å². The van der Waals surface area contributed by atoms with Gasteiger partial charge in [0.1, 0.15) is 12.4 Å². The average molecular weight is 344 g/mol. The van der Waals surface area contributed by atoms with Crippen LogP contribution in [0.4, 0.5) is 0 Å². The molecule has 0 saturated heterocycles. The summed E-state index contributed by atoms with van der Waals surface area (Å²) in [5.41, 5.74) is 7.73. The Balaban J connectivity index is 0.00000100. The van der Waals surface area contributed by atoms with E-state index < -0.39 is 5.91 Å². The van der Waals surface area contributed by atoms with E-state index in [0.29, 0.717) is 34.0 Å². The van der Waals surface area contributed by atoms with Gasteiger partial charge < -0.3 is 10.5 Å². The molecule has 0 aliphatic heterocycles. The van der Waals surface area contributed by atoms with Crippen molar-refractivity contribution in [2.45, 2.75) is 20.5 Å². The molecule has 2 N–H and O–H groups in total. The highest BCUT2D eigenvalue weighted by molar-refractivity contribution is 6.30. The van der Waals surface area contributed by atoms with Gasteiger partial charge in [-0.3, -0.25) is 14.8 Å². The third kappa shape index (κ3) is 4.43. The molecule has 0 spiro atoms. The molecule has 24 heavy (non-hydrogen) atoms. The number of carbonyl (C=O) groups excluding carboxylic acids is 1. The van der Waals surface area contributed by atoms with E-state index in [1.54, 1.807) is 18.3 Å². The summed E-state index contributed by atoms with van der Waals surface area (Å²) in [6.45, 7) is 4.38. The summed E-state index contributed by atoms with van der Waals surface area (Å²) in [5.74, 6) is 0.0595. The number of hydrogen-bond donors (Lipinski definition) is 1. The minimum absolute atomic E-state index is 0.326. The smallest absolute Gasteiger partial charge is 0.250 e. The quantitative estimate of drug-likeness (QED) is 0.777. The van der Waals surface area contributed by atoms with Crippen molar-refractivity contribution in [3.8, 4) is 5.75 Å². The van der Waals surface area contributed by atoms with Crippen LogP contribution in [0.15, 0.2) is 48.8 Å². The highest BCUT2D eigenvalue weighted by Gasteiger charge is 2.05. The van der Waals surface area contributed by atoms with Crippen molar-refractivity contribution in [3.63, 3.8) is 0 Å². The van der Waals surface area contributed by atoms with Gasteiger partial charge in [-0.05, 0) is 23.8 Å². The van der Waals surface area contributed by atoms with E-state index in [-0.39, 0.29) is 0 Å². The van der Waals surface area contributed by atoms with Gasteiger partial charge in [0.2, 0.25) is 5.91 Å². The molecule has 0 unspecified atom stereocenters. The zero-order valence-corrected chi connectivity index (χ0v) is 14.2. The summed E-state index contributed by atoms with van der Waals surface area (Å²) in [6, 6.07) is 10.8. The summed E-state index contributed by atoms with van der Waals surface area (Å²) in [6.07, 6.45) is 3.01. The van der Waals surface area contributed by atoms with Crippen molar-refractivity contribution in [3.05, 3.63) is 64.9 Å². The normalized spacial score (nSPS) is 9.96. The molecule has 1 amide bonds. The number of hydrogen-bond acceptors (Lipinski definition) is 4. The number of fused-ring (bicyclic) bond motifs is 1. The van der Waals surface area contributed by atoms with E-state index in [9.17, 15) is 4.79 Å². The number of benzene rings is 1. The largest absolute Gasteiger partial charge is 0.487 e. The molecule has 0 radical (unpaired) electrons. The third-order valence-electron chi connectivity index (χ3n) is 3.09. The van der Waals surface area contributed by atoms with Crippen molar-refractivity contribution in [2.24, 2.45) is 5.73 Å². The Morgan fingerprint density at radius 3 is 2.54 bits per heavy atom. The Morgan fingerprint density at radius 2 is 1.83 bits per heavy atom. The number of carbonyl (C=O) groups is 1. The van der Waals surface area contributed by atoms with Crippen LogP contribution < -0.4 is 10.5 Å². The van der Waals surface area contributed by atoms with E-state index in [4.69, 9.17) is 22.1 Å². The zero-order valence-electron chi connectivity index (χ0n) is 13.5. The van der Waals surface area contributed by atoms with Crippen LogP contribution in [0.2, 0.25) is 5.02 Å². The average Bonchev–Trinajstić information content (AvgIpc) is 2.61. The lowest BCUT2D eigenvalue weighted by atomic mass is 10.2. The van der Waals surface area contributed by atoms with Gasteiger partial charge in [0.15, 0.2) is 0 Å². The first kappa shape index (κ1) is 17.7. The maximum absolute atomic E-state index is 11.1. The molecule has 2 aromatic heterocycles. The van der Waals surface area contributed by atoms with E-state index in [1.807, 2.05) is 38.1 Å². The molecule has 0 aliphatic carbocycles. The Kier molecular flexibility index (Phi) is 6.09. The number of nitrogens with zero attached hydrogens (tertiary/aromatic N) is 2. The van der Waals surface area contributed by atoms with E-state index in [0.717, 1.165) is 5.56 Å². The second kappa shape index (κ2) is 8.26. The van der Waals surface area contributed by atoms with Crippen LogP contribution in [0.25, 0.3) is 11.0 Å². The highest BCUT2D eigenvalue weighted by Crippen LogP contribution is 2.19. The van der Waals surface area contributed by atoms with Gasteiger partial charge in [-0.1, -0.05) is 37.6 Å². The fraction of sp³-hybridized carbons (Fsp3) is 0.167. The number of ether oxygens (including phenoxy) is 1. The molecule has 2 heterocycles. The fourth-order valence-electron chi connectivity index (χ4n) is 1.99. The number of halogens is 1. The van der Waals surface area contributed by atoms with Crippen LogP contribution in [0, 0.1) is 0 Å². The van der Waals surface area contributed by atoms with Crippen LogP contribution in [0.5, 0.6) is 5.75 Å². The number of pyridine rings is 2. The summed E-state index contributed by atoms with van der Waals surface area (Å²) in [4.78, 5) is 19.5. The molecule has 0 fully saturated rings. The molecule has 0 aliphatic rings. The van der Waals surface area contributed by atoms with Crippen LogP contribution in [0.3, 0.4) is 0 Å². The Labute approximate surface area is 145 Å². The first-order valence-corrected chi connectivity index (χ1v) is 7.92. The first-order chi connectivity index (χ1) is 11.6.